The molecule has 1 saturated heterocycles. The molecule has 1 amide bonds. The van der Waals surface area contributed by atoms with Crippen molar-refractivity contribution in [3.05, 3.63) is 5.82 Å². The molecule has 0 unspecified atom stereocenters. The molecule has 7 heteroatoms. The Morgan fingerprint density at radius 3 is 3.21 bits per heavy atom. The SMILES string of the molecule is CN(C[C@H]1CCCO1)C(=O)c1nc2n(n1)CCCN2. The monoisotopic (exact) mass is 265 g/mol. The number of hydrogen-bond donors (Lipinski definition) is 1. The lowest BCUT2D eigenvalue weighted by Gasteiger charge is -2.19. The predicted molar refractivity (Wildman–Crippen MR) is 69.1 cm³/mol. The van der Waals surface area contributed by atoms with Crippen LogP contribution in [0.3, 0.4) is 0 Å². The van der Waals surface area contributed by atoms with Crippen LogP contribution in [0.25, 0.3) is 0 Å². The molecule has 0 aromatic carbocycles. The molecule has 1 fully saturated rings. The van der Waals surface area contributed by atoms with Gasteiger partial charge in [0.15, 0.2) is 0 Å². The van der Waals surface area contributed by atoms with Crippen LogP contribution in [0.2, 0.25) is 0 Å². The van der Waals surface area contributed by atoms with Crippen molar-refractivity contribution in [1.82, 2.24) is 19.7 Å². The van der Waals surface area contributed by atoms with Gasteiger partial charge in [-0.15, -0.1) is 5.10 Å². The molecular formula is C12H19N5O2. The maximum absolute atomic E-state index is 12.3. The van der Waals surface area contributed by atoms with E-state index in [1.54, 1.807) is 16.6 Å². The van der Waals surface area contributed by atoms with Crippen LogP contribution in [0, 0.1) is 0 Å². The average molecular weight is 265 g/mol. The Hall–Kier alpha value is -1.63. The molecule has 0 saturated carbocycles. The number of hydrogen-bond acceptors (Lipinski definition) is 5. The van der Waals surface area contributed by atoms with Gasteiger partial charge in [0.25, 0.3) is 5.91 Å². The van der Waals surface area contributed by atoms with E-state index in [1.807, 2.05) is 0 Å². The van der Waals surface area contributed by atoms with Crippen LogP contribution in [0.15, 0.2) is 0 Å². The minimum atomic E-state index is -0.140. The van der Waals surface area contributed by atoms with Crippen molar-refractivity contribution < 1.29 is 9.53 Å². The van der Waals surface area contributed by atoms with E-state index in [0.29, 0.717) is 12.5 Å². The van der Waals surface area contributed by atoms with Crippen LogP contribution in [0.1, 0.15) is 29.9 Å². The zero-order valence-corrected chi connectivity index (χ0v) is 11.1. The summed E-state index contributed by atoms with van der Waals surface area (Å²) in [6, 6.07) is 0. The van der Waals surface area contributed by atoms with Crippen LogP contribution in [0.5, 0.6) is 0 Å². The van der Waals surface area contributed by atoms with E-state index in [0.717, 1.165) is 39.0 Å². The number of anilines is 1. The van der Waals surface area contributed by atoms with Gasteiger partial charge in [0, 0.05) is 33.3 Å². The summed E-state index contributed by atoms with van der Waals surface area (Å²) in [6.07, 6.45) is 3.26. The third kappa shape index (κ3) is 2.56. The summed E-state index contributed by atoms with van der Waals surface area (Å²) >= 11 is 0. The zero-order chi connectivity index (χ0) is 13.2. The van der Waals surface area contributed by atoms with E-state index in [4.69, 9.17) is 4.74 Å². The summed E-state index contributed by atoms with van der Waals surface area (Å²) in [4.78, 5) is 18.2. The van der Waals surface area contributed by atoms with Gasteiger partial charge in [-0.25, -0.2) is 4.68 Å². The lowest BCUT2D eigenvalue weighted by Crippen LogP contribution is -2.34. The van der Waals surface area contributed by atoms with Crippen LogP contribution < -0.4 is 5.32 Å². The molecule has 104 valence electrons. The molecule has 0 bridgehead atoms. The zero-order valence-electron chi connectivity index (χ0n) is 11.1. The molecule has 2 aliphatic heterocycles. The summed E-state index contributed by atoms with van der Waals surface area (Å²) in [5.41, 5.74) is 0. The van der Waals surface area contributed by atoms with E-state index in [-0.39, 0.29) is 17.8 Å². The molecule has 0 radical (unpaired) electrons. The van der Waals surface area contributed by atoms with E-state index in [1.165, 1.54) is 0 Å². The van der Waals surface area contributed by atoms with Crippen molar-refractivity contribution >= 4 is 11.9 Å². The van der Waals surface area contributed by atoms with Crippen LogP contribution in [0.4, 0.5) is 5.95 Å². The summed E-state index contributed by atoms with van der Waals surface area (Å²) in [6.45, 7) is 3.11. The first-order valence-electron chi connectivity index (χ1n) is 6.80. The van der Waals surface area contributed by atoms with Gasteiger partial charge in [-0.2, -0.15) is 4.98 Å². The Kier molecular flexibility index (Phi) is 3.37. The second kappa shape index (κ2) is 5.16. The number of aromatic nitrogens is 3. The highest BCUT2D eigenvalue weighted by Gasteiger charge is 2.24. The van der Waals surface area contributed by atoms with Gasteiger partial charge in [-0.3, -0.25) is 4.79 Å². The Balaban J connectivity index is 1.66. The topological polar surface area (TPSA) is 72.3 Å². The molecule has 1 aromatic rings. The number of nitrogens with zero attached hydrogens (tertiary/aromatic N) is 4. The first kappa shape index (κ1) is 12.4. The Labute approximate surface area is 111 Å². The molecule has 7 nitrogen and oxygen atoms in total. The van der Waals surface area contributed by atoms with E-state index in [9.17, 15) is 4.79 Å². The fraction of sp³-hybridized carbons (Fsp3) is 0.750. The molecule has 3 rings (SSSR count). The minimum Gasteiger partial charge on any atom is -0.376 e. The third-order valence-corrected chi connectivity index (χ3v) is 3.54. The van der Waals surface area contributed by atoms with Gasteiger partial charge in [-0.1, -0.05) is 0 Å². The standard InChI is InChI=1S/C12H19N5O2/c1-16(8-9-4-2-7-19-9)11(18)10-14-12-13-5-3-6-17(12)15-10/h9H,2-8H2,1H3,(H,13,14,15)/t9-/m1/s1. The number of fused-ring (bicyclic) bond motifs is 1. The van der Waals surface area contributed by atoms with E-state index < -0.39 is 0 Å². The fourth-order valence-electron chi connectivity index (χ4n) is 2.50. The first-order chi connectivity index (χ1) is 9.24. The van der Waals surface area contributed by atoms with Gasteiger partial charge in [0.1, 0.15) is 0 Å². The number of carbonyl (C=O) groups is 1. The molecule has 1 atom stereocenters. The molecule has 2 aliphatic rings. The molecule has 19 heavy (non-hydrogen) atoms. The number of aryl methyl sites for hydroxylation is 1. The van der Waals surface area contributed by atoms with Gasteiger partial charge in [-0.05, 0) is 19.3 Å². The van der Waals surface area contributed by atoms with E-state index in [2.05, 4.69) is 15.4 Å². The molecular weight excluding hydrogens is 246 g/mol. The summed E-state index contributed by atoms with van der Waals surface area (Å²) in [7, 11) is 1.78. The van der Waals surface area contributed by atoms with Crippen molar-refractivity contribution in [2.45, 2.75) is 31.9 Å². The maximum Gasteiger partial charge on any atom is 0.293 e. The largest absolute Gasteiger partial charge is 0.376 e. The summed E-state index contributed by atoms with van der Waals surface area (Å²) < 4.78 is 7.30. The minimum absolute atomic E-state index is 0.140. The highest BCUT2D eigenvalue weighted by molar-refractivity contribution is 5.90. The second-order valence-electron chi connectivity index (χ2n) is 5.08. The number of rotatable bonds is 3. The number of likely N-dealkylation sites (N-methyl/N-ethyl adjacent to an activating group) is 1. The highest BCUT2D eigenvalue weighted by atomic mass is 16.5. The van der Waals surface area contributed by atoms with Crippen molar-refractivity contribution in [1.29, 1.82) is 0 Å². The van der Waals surface area contributed by atoms with Crippen LogP contribution in [-0.2, 0) is 11.3 Å². The smallest absolute Gasteiger partial charge is 0.293 e. The maximum atomic E-state index is 12.3. The van der Waals surface area contributed by atoms with Crippen LogP contribution in [-0.4, -0.2) is 58.4 Å². The molecule has 1 aromatic heterocycles. The lowest BCUT2D eigenvalue weighted by molar-refractivity contribution is 0.0578. The second-order valence-corrected chi connectivity index (χ2v) is 5.08. The normalized spacial score (nSPS) is 21.8. The van der Waals surface area contributed by atoms with Crippen molar-refractivity contribution in [2.24, 2.45) is 0 Å². The van der Waals surface area contributed by atoms with Gasteiger partial charge in [0.05, 0.1) is 6.10 Å². The lowest BCUT2D eigenvalue weighted by atomic mass is 10.2. The summed E-state index contributed by atoms with van der Waals surface area (Å²) in [5.74, 6) is 0.823. The number of nitrogens with one attached hydrogen (secondary N) is 1. The molecule has 0 aliphatic carbocycles. The Morgan fingerprint density at radius 2 is 2.47 bits per heavy atom. The predicted octanol–water partition coefficient (Wildman–Crippen LogP) is 0.345. The summed E-state index contributed by atoms with van der Waals surface area (Å²) in [5, 5.41) is 7.40. The Morgan fingerprint density at radius 1 is 1.58 bits per heavy atom. The quantitative estimate of drug-likeness (QED) is 0.853. The molecule has 3 heterocycles. The van der Waals surface area contributed by atoms with Crippen molar-refractivity contribution in [3.8, 4) is 0 Å². The fourth-order valence-corrected chi connectivity index (χ4v) is 2.50. The number of ether oxygens (including phenoxy) is 1. The van der Waals surface area contributed by atoms with E-state index >= 15 is 0 Å². The average Bonchev–Trinajstić information content (AvgIpc) is 3.05. The molecule has 1 N–H and O–H groups in total. The van der Waals surface area contributed by atoms with Gasteiger partial charge >= 0.3 is 0 Å². The molecule has 0 spiro atoms. The van der Waals surface area contributed by atoms with Crippen molar-refractivity contribution in [2.75, 3.05) is 32.1 Å². The third-order valence-electron chi connectivity index (χ3n) is 3.54. The number of carbonyl (C=O) groups excluding carboxylic acids is 1. The first-order valence-corrected chi connectivity index (χ1v) is 6.80. The van der Waals surface area contributed by atoms with Crippen molar-refractivity contribution in [3.63, 3.8) is 0 Å². The highest BCUT2D eigenvalue weighted by Crippen LogP contribution is 2.15. The van der Waals surface area contributed by atoms with Crippen LogP contribution >= 0.6 is 0 Å². The Bertz CT molecular complexity index is 443. The van der Waals surface area contributed by atoms with Gasteiger partial charge in [0.2, 0.25) is 11.8 Å². The number of amides is 1. The van der Waals surface area contributed by atoms with Gasteiger partial charge < -0.3 is 15.0 Å².